The van der Waals surface area contributed by atoms with Gasteiger partial charge in [0.2, 0.25) is 0 Å². The monoisotopic (exact) mass is 173 g/mol. The number of rotatable bonds is 1. The van der Waals surface area contributed by atoms with Crippen LogP contribution < -0.4 is 5.73 Å². The summed E-state index contributed by atoms with van der Waals surface area (Å²) in [4.78, 5) is 10.2. The molecule has 0 amide bonds. The van der Waals surface area contributed by atoms with Crippen LogP contribution in [0.2, 0.25) is 5.02 Å². The minimum absolute atomic E-state index is 0.0769. The van der Waals surface area contributed by atoms with Gasteiger partial charge < -0.3 is 5.73 Å². The Morgan fingerprint density at radius 2 is 2.18 bits per heavy atom. The quantitative estimate of drug-likeness (QED) is 0.521. The van der Waals surface area contributed by atoms with Crippen molar-refractivity contribution in [1.82, 2.24) is 0 Å². The number of nitrogens with two attached hydrogens (primary N) is 1. The molecule has 4 heteroatoms. The van der Waals surface area contributed by atoms with E-state index in [-0.39, 0.29) is 16.3 Å². The van der Waals surface area contributed by atoms with E-state index < -0.39 is 5.82 Å². The Labute approximate surface area is 67.8 Å². The topological polar surface area (TPSA) is 43.1 Å². The number of carbonyl (C=O) groups is 1. The molecule has 0 saturated heterocycles. The predicted octanol–water partition coefficient (Wildman–Crippen LogP) is 1.87. The lowest BCUT2D eigenvalue weighted by molar-refractivity contribution is 0.112. The summed E-state index contributed by atoms with van der Waals surface area (Å²) in [6, 6.07) is 2.21. The Morgan fingerprint density at radius 1 is 1.55 bits per heavy atom. The zero-order valence-corrected chi connectivity index (χ0v) is 6.23. The third-order valence-electron chi connectivity index (χ3n) is 1.24. The van der Waals surface area contributed by atoms with Crippen molar-refractivity contribution in [2.75, 3.05) is 5.73 Å². The second-order valence-electron chi connectivity index (χ2n) is 2.01. The van der Waals surface area contributed by atoms with Crippen LogP contribution in [-0.4, -0.2) is 6.29 Å². The highest BCUT2D eigenvalue weighted by Gasteiger charge is 2.04. The molecule has 11 heavy (non-hydrogen) atoms. The third-order valence-corrected chi connectivity index (χ3v) is 1.57. The molecule has 0 unspecified atom stereocenters. The molecule has 0 fully saturated rings. The van der Waals surface area contributed by atoms with Crippen LogP contribution in [0, 0.1) is 5.82 Å². The normalized spacial score (nSPS) is 9.64. The molecule has 0 aliphatic carbocycles. The highest BCUT2D eigenvalue weighted by molar-refractivity contribution is 6.33. The van der Waals surface area contributed by atoms with Gasteiger partial charge in [0.05, 0.1) is 16.3 Å². The molecule has 0 saturated carbocycles. The second-order valence-corrected chi connectivity index (χ2v) is 2.42. The van der Waals surface area contributed by atoms with E-state index in [1.807, 2.05) is 0 Å². The Morgan fingerprint density at radius 3 is 2.73 bits per heavy atom. The Kier molecular flexibility index (Phi) is 2.10. The van der Waals surface area contributed by atoms with Crippen LogP contribution in [0.1, 0.15) is 10.4 Å². The molecule has 1 rings (SSSR count). The first-order chi connectivity index (χ1) is 5.15. The van der Waals surface area contributed by atoms with Crippen molar-refractivity contribution >= 4 is 23.6 Å². The SMILES string of the molecule is Nc1cc(C=O)c(F)cc1Cl. The summed E-state index contributed by atoms with van der Waals surface area (Å²) in [6.45, 7) is 0. The molecule has 0 aliphatic heterocycles. The average Bonchev–Trinajstić information content (AvgIpc) is 1.97. The minimum atomic E-state index is -0.654. The van der Waals surface area contributed by atoms with Crippen molar-refractivity contribution in [1.29, 1.82) is 0 Å². The lowest BCUT2D eigenvalue weighted by atomic mass is 10.2. The number of hydrogen-bond donors (Lipinski definition) is 1. The minimum Gasteiger partial charge on any atom is -0.398 e. The summed E-state index contributed by atoms with van der Waals surface area (Å²) in [5.74, 6) is -0.654. The van der Waals surface area contributed by atoms with E-state index in [1.165, 1.54) is 6.07 Å². The second kappa shape index (κ2) is 2.88. The van der Waals surface area contributed by atoms with E-state index in [1.54, 1.807) is 0 Å². The van der Waals surface area contributed by atoms with E-state index in [4.69, 9.17) is 17.3 Å². The summed E-state index contributed by atoms with van der Waals surface area (Å²) in [5, 5.41) is 0.119. The maximum Gasteiger partial charge on any atom is 0.153 e. The van der Waals surface area contributed by atoms with Gasteiger partial charge in [0, 0.05) is 0 Å². The summed E-state index contributed by atoms with van der Waals surface area (Å²) in [7, 11) is 0. The van der Waals surface area contributed by atoms with Crippen LogP contribution in [0.15, 0.2) is 12.1 Å². The molecule has 2 N–H and O–H groups in total. The van der Waals surface area contributed by atoms with E-state index in [0.717, 1.165) is 6.07 Å². The Bertz CT molecular complexity index is 301. The fraction of sp³-hybridized carbons (Fsp3) is 0. The largest absolute Gasteiger partial charge is 0.398 e. The number of halogens is 2. The van der Waals surface area contributed by atoms with E-state index in [9.17, 15) is 9.18 Å². The molecule has 0 spiro atoms. The molecule has 1 aromatic rings. The van der Waals surface area contributed by atoms with Crippen molar-refractivity contribution < 1.29 is 9.18 Å². The van der Waals surface area contributed by atoms with Crippen LogP contribution in [-0.2, 0) is 0 Å². The molecular weight excluding hydrogens is 169 g/mol. The summed E-state index contributed by atoms with van der Waals surface area (Å²) in [5.41, 5.74) is 5.43. The Balaban J connectivity index is 3.31. The van der Waals surface area contributed by atoms with Gasteiger partial charge in [-0.1, -0.05) is 11.6 Å². The van der Waals surface area contributed by atoms with Gasteiger partial charge in [0.1, 0.15) is 5.82 Å². The number of aldehydes is 1. The molecule has 0 bridgehead atoms. The number of nitrogen functional groups attached to an aromatic ring is 1. The summed E-state index contributed by atoms with van der Waals surface area (Å²) >= 11 is 5.46. The lowest BCUT2D eigenvalue weighted by Gasteiger charge is -1.98. The number of anilines is 1. The van der Waals surface area contributed by atoms with Crippen molar-refractivity contribution in [3.05, 3.63) is 28.5 Å². The first kappa shape index (κ1) is 8.01. The highest BCUT2D eigenvalue weighted by Crippen LogP contribution is 2.21. The molecule has 0 aliphatic rings. The van der Waals surface area contributed by atoms with Crippen molar-refractivity contribution in [3.8, 4) is 0 Å². The van der Waals surface area contributed by atoms with Crippen molar-refractivity contribution in [2.45, 2.75) is 0 Å². The van der Waals surface area contributed by atoms with Gasteiger partial charge in [0.15, 0.2) is 6.29 Å². The van der Waals surface area contributed by atoms with Gasteiger partial charge in [-0.05, 0) is 12.1 Å². The number of hydrogen-bond acceptors (Lipinski definition) is 2. The zero-order valence-electron chi connectivity index (χ0n) is 5.47. The van der Waals surface area contributed by atoms with Crippen LogP contribution >= 0.6 is 11.6 Å². The Hall–Kier alpha value is -1.09. The predicted molar refractivity (Wildman–Crippen MR) is 41.2 cm³/mol. The van der Waals surface area contributed by atoms with Crippen LogP contribution in [0.3, 0.4) is 0 Å². The van der Waals surface area contributed by atoms with Crippen molar-refractivity contribution in [2.24, 2.45) is 0 Å². The molecular formula is C7H5ClFNO. The maximum absolute atomic E-state index is 12.7. The van der Waals surface area contributed by atoms with Gasteiger partial charge in [-0.3, -0.25) is 4.79 Å². The van der Waals surface area contributed by atoms with Crippen LogP contribution in [0.5, 0.6) is 0 Å². The summed E-state index contributed by atoms with van der Waals surface area (Å²) < 4.78 is 12.7. The van der Waals surface area contributed by atoms with Gasteiger partial charge in [-0.25, -0.2) is 4.39 Å². The molecule has 0 heterocycles. The molecule has 0 atom stereocenters. The fourth-order valence-corrected chi connectivity index (χ4v) is 0.824. The molecule has 58 valence electrons. The number of benzene rings is 1. The standard InChI is InChI=1S/C7H5ClFNO/c8-5-2-6(9)4(3-11)1-7(5)10/h1-3H,10H2. The first-order valence-electron chi connectivity index (χ1n) is 2.85. The molecule has 2 nitrogen and oxygen atoms in total. The van der Waals surface area contributed by atoms with E-state index in [2.05, 4.69) is 0 Å². The maximum atomic E-state index is 12.7. The zero-order chi connectivity index (χ0) is 8.43. The van der Waals surface area contributed by atoms with E-state index in [0.29, 0.717) is 6.29 Å². The smallest absolute Gasteiger partial charge is 0.153 e. The fourth-order valence-electron chi connectivity index (χ4n) is 0.674. The lowest BCUT2D eigenvalue weighted by Crippen LogP contribution is -1.92. The van der Waals surface area contributed by atoms with Gasteiger partial charge in [0.25, 0.3) is 0 Å². The molecule has 0 aromatic heterocycles. The van der Waals surface area contributed by atoms with Crippen molar-refractivity contribution in [3.63, 3.8) is 0 Å². The average molecular weight is 174 g/mol. The molecule has 0 radical (unpaired) electrons. The van der Waals surface area contributed by atoms with Gasteiger partial charge >= 0.3 is 0 Å². The van der Waals surface area contributed by atoms with Gasteiger partial charge in [-0.2, -0.15) is 0 Å². The third kappa shape index (κ3) is 1.49. The van der Waals surface area contributed by atoms with E-state index >= 15 is 0 Å². The first-order valence-corrected chi connectivity index (χ1v) is 3.22. The van der Waals surface area contributed by atoms with Crippen LogP contribution in [0.4, 0.5) is 10.1 Å². The highest BCUT2D eigenvalue weighted by atomic mass is 35.5. The van der Waals surface area contributed by atoms with Gasteiger partial charge in [-0.15, -0.1) is 0 Å². The number of carbonyl (C=O) groups excluding carboxylic acids is 1. The molecule has 1 aromatic carbocycles. The van der Waals surface area contributed by atoms with Crippen LogP contribution in [0.25, 0.3) is 0 Å². The summed E-state index contributed by atoms with van der Waals surface area (Å²) in [6.07, 6.45) is 0.391.